The molecule has 0 saturated carbocycles. The molecular weight excluding hydrogens is 553 g/mol. The molecule has 4 nitrogen and oxygen atoms in total. The fourth-order valence-electron chi connectivity index (χ4n) is 5.38. The summed E-state index contributed by atoms with van der Waals surface area (Å²) in [5, 5.41) is 6.54. The predicted octanol–water partition coefficient (Wildman–Crippen LogP) is 7.00. The first-order valence-electron chi connectivity index (χ1n) is 14.9. The molecule has 0 unspecified atom stereocenters. The maximum Gasteiger partial charge on any atom is 0.0349 e. The molecule has 0 spiro atoms. The fraction of sp³-hybridized carbons (Fsp3) is 0.278. The van der Waals surface area contributed by atoms with E-state index in [9.17, 15) is 0 Å². The Kier molecular flexibility index (Phi) is 10.8. The molecule has 0 saturated heterocycles. The second-order valence-electron chi connectivity index (χ2n) is 10.8. The van der Waals surface area contributed by atoms with Crippen molar-refractivity contribution in [2.24, 2.45) is 11.5 Å². The van der Waals surface area contributed by atoms with E-state index in [1.54, 1.807) is 0 Å². The van der Waals surface area contributed by atoms with Crippen molar-refractivity contribution in [1.29, 1.82) is 0 Å². The van der Waals surface area contributed by atoms with Gasteiger partial charge in [-0.05, 0) is 141 Å². The van der Waals surface area contributed by atoms with Crippen molar-refractivity contribution < 1.29 is 0 Å². The SMILES string of the molecule is CNCCc1cc(CCN)cc(-c2ccc(-c3cccc(-c4ccc(-c5cc(CCN)cc(CCNC)c5)s4)c3)s2)c1. The van der Waals surface area contributed by atoms with Crippen molar-refractivity contribution in [3.05, 3.63) is 107 Å². The molecule has 218 valence electrons. The minimum Gasteiger partial charge on any atom is -0.330 e. The van der Waals surface area contributed by atoms with Gasteiger partial charge < -0.3 is 22.1 Å². The molecular formula is C36H42N4S2. The number of hydrogen-bond donors (Lipinski definition) is 4. The van der Waals surface area contributed by atoms with Crippen LogP contribution in [0.4, 0.5) is 0 Å². The molecule has 0 radical (unpaired) electrons. The van der Waals surface area contributed by atoms with Crippen molar-refractivity contribution in [2.75, 3.05) is 40.3 Å². The third-order valence-corrected chi connectivity index (χ3v) is 9.88. The molecule has 0 aliphatic carbocycles. The second kappa shape index (κ2) is 14.9. The summed E-state index contributed by atoms with van der Waals surface area (Å²) in [6.07, 6.45) is 3.83. The fourth-order valence-corrected chi connectivity index (χ4v) is 7.36. The Labute approximate surface area is 258 Å². The summed E-state index contributed by atoms with van der Waals surface area (Å²) in [7, 11) is 4.01. The first-order chi connectivity index (χ1) is 20.6. The number of nitrogens with one attached hydrogen (secondary N) is 2. The van der Waals surface area contributed by atoms with Gasteiger partial charge in [-0.1, -0.05) is 54.6 Å². The molecule has 6 N–H and O–H groups in total. The Morgan fingerprint density at radius 2 is 0.857 bits per heavy atom. The van der Waals surface area contributed by atoms with E-state index in [2.05, 4.69) is 95.6 Å². The zero-order valence-electron chi connectivity index (χ0n) is 24.7. The maximum atomic E-state index is 5.90. The van der Waals surface area contributed by atoms with Crippen LogP contribution in [0.3, 0.4) is 0 Å². The van der Waals surface area contributed by atoms with Crippen LogP contribution in [0.1, 0.15) is 22.3 Å². The van der Waals surface area contributed by atoms with Gasteiger partial charge in [0.25, 0.3) is 0 Å². The number of thiophene rings is 2. The van der Waals surface area contributed by atoms with E-state index >= 15 is 0 Å². The molecule has 3 aromatic carbocycles. The predicted molar refractivity (Wildman–Crippen MR) is 185 cm³/mol. The zero-order valence-corrected chi connectivity index (χ0v) is 26.3. The van der Waals surface area contributed by atoms with Gasteiger partial charge in [0.15, 0.2) is 0 Å². The van der Waals surface area contributed by atoms with Gasteiger partial charge in [0.1, 0.15) is 0 Å². The van der Waals surface area contributed by atoms with Crippen LogP contribution < -0.4 is 22.1 Å². The summed E-state index contributed by atoms with van der Waals surface area (Å²) >= 11 is 3.72. The number of likely N-dealkylation sites (N-methyl/N-ethyl adjacent to an activating group) is 2. The molecule has 0 bridgehead atoms. The van der Waals surface area contributed by atoms with Crippen LogP contribution >= 0.6 is 22.7 Å². The van der Waals surface area contributed by atoms with Crippen molar-refractivity contribution in [3.63, 3.8) is 0 Å². The Bertz CT molecular complexity index is 1480. The molecule has 5 rings (SSSR count). The highest BCUT2D eigenvalue weighted by Crippen LogP contribution is 2.39. The van der Waals surface area contributed by atoms with Crippen LogP contribution in [0.15, 0.2) is 84.9 Å². The van der Waals surface area contributed by atoms with E-state index in [-0.39, 0.29) is 0 Å². The van der Waals surface area contributed by atoms with E-state index in [0.717, 1.165) is 38.8 Å². The van der Waals surface area contributed by atoms with Gasteiger partial charge in [-0.3, -0.25) is 0 Å². The highest BCUT2D eigenvalue weighted by atomic mass is 32.1. The molecule has 0 amide bonds. The summed E-state index contributed by atoms with van der Waals surface area (Å²) in [6, 6.07) is 31.9. The van der Waals surface area contributed by atoms with E-state index in [4.69, 9.17) is 11.5 Å². The average molecular weight is 595 g/mol. The third kappa shape index (κ3) is 7.64. The highest BCUT2D eigenvalue weighted by Gasteiger charge is 2.12. The van der Waals surface area contributed by atoms with Crippen molar-refractivity contribution in [3.8, 4) is 41.8 Å². The van der Waals surface area contributed by atoms with Crippen LogP contribution in [-0.4, -0.2) is 40.3 Å². The smallest absolute Gasteiger partial charge is 0.0349 e. The standard InChI is InChI=1S/C36H42N4S2/c1-39-16-12-27-18-25(10-14-37)20-31(22-27)35-8-6-33(41-35)29-4-3-5-30(24-29)34-7-9-36(42-34)32-21-26(11-15-38)19-28(23-32)13-17-40-2/h3-9,18-24,39-40H,10-17,37-38H2,1-2H3. The van der Waals surface area contributed by atoms with Gasteiger partial charge in [-0.15, -0.1) is 22.7 Å². The molecule has 0 aliphatic rings. The lowest BCUT2D eigenvalue weighted by Crippen LogP contribution is -2.11. The van der Waals surface area contributed by atoms with Crippen LogP contribution in [0, 0.1) is 0 Å². The molecule has 2 aromatic heterocycles. The molecule has 2 heterocycles. The largest absolute Gasteiger partial charge is 0.330 e. The van der Waals surface area contributed by atoms with Gasteiger partial charge in [0, 0.05) is 19.5 Å². The van der Waals surface area contributed by atoms with Gasteiger partial charge in [0.2, 0.25) is 0 Å². The molecule has 0 fully saturated rings. The number of benzene rings is 3. The molecule has 5 aromatic rings. The van der Waals surface area contributed by atoms with Crippen LogP contribution in [-0.2, 0) is 25.7 Å². The number of nitrogens with two attached hydrogens (primary N) is 2. The monoisotopic (exact) mass is 594 g/mol. The molecule has 6 heteroatoms. The summed E-state index contributed by atoms with van der Waals surface area (Å²) in [4.78, 5) is 5.16. The minimum absolute atomic E-state index is 0.665. The summed E-state index contributed by atoms with van der Waals surface area (Å²) in [5.74, 6) is 0. The van der Waals surface area contributed by atoms with E-state index in [1.165, 1.54) is 64.0 Å². The number of hydrogen-bond acceptors (Lipinski definition) is 6. The van der Waals surface area contributed by atoms with Crippen molar-refractivity contribution in [2.45, 2.75) is 25.7 Å². The summed E-state index contributed by atoms with van der Waals surface area (Å²) < 4.78 is 0. The van der Waals surface area contributed by atoms with E-state index in [0.29, 0.717) is 13.1 Å². The van der Waals surface area contributed by atoms with E-state index in [1.807, 2.05) is 36.8 Å². The molecule has 0 atom stereocenters. The van der Waals surface area contributed by atoms with Gasteiger partial charge in [-0.2, -0.15) is 0 Å². The first-order valence-corrected chi connectivity index (χ1v) is 16.5. The van der Waals surface area contributed by atoms with Crippen LogP contribution in [0.5, 0.6) is 0 Å². The Hall–Kier alpha value is -3.10. The minimum atomic E-state index is 0.665. The lowest BCUT2D eigenvalue weighted by atomic mass is 10.0. The van der Waals surface area contributed by atoms with Gasteiger partial charge >= 0.3 is 0 Å². The Morgan fingerprint density at radius 1 is 0.476 bits per heavy atom. The normalized spacial score (nSPS) is 11.3. The lowest BCUT2D eigenvalue weighted by molar-refractivity contribution is 0.790. The Morgan fingerprint density at radius 3 is 1.24 bits per heavy atom. The Balaban J connectivity index is 1.40. The molecule has 0 aliphatic heterocycles. The number of rotatable bonds is 14. The second-order valence-corrected chi connectivity index (χ2v) is 12.9. The quantitative estimate of drug-likeness (QED) is 0.112. The van der Waals surface area contributed by atoms with Crippen LogP contribution in [0.2, 0.25) is 0 Å². The van der Waals surface area contributed by atoms with E-state index < -0.39 is 0 Å². The van der Waals surface area contributed by atoms with Gasteiger partial charge in [0.05, 0.1) is 0 Å². The highest BCUT2D eigenvalue weighted by molar-refractivity contribution is 7.19. The first kappa shape index (κ1) is 30.4. The third-order valence-electron chi connectivity index (χ3n) is 7.51. The van der Waals surface area contributed by atoms with Crippen molar-refractivity contribution in [1.82, 2.24) is 10.6 Å². The van der Waals surface area contributed by atoms with Crippen molar-refractivity contribution >= 4 is 22.7 Å². The summed E-state index contributed by atoms with van der Waals surface area (Å²) in [5.41, 5.74) is 22.2. The lowest BCUT2D eigenvalue weighted by Gasteiger charge is -2.09. The summed E-state index contributed by atoms with van der Waals surface area (Å²) in [6.45, 7) is 3.26. The van der Waals surface area contributed by atoms with Crippen LogP contribution in [0.25, 0.3) is 41.8 Å². The molecule has 42 heavy (non-hydrogen) atoms. The van der Waals surface area contributed by atoms with Gasteiger partial charge in [-0.25, -0.2) is 0 Å². The zero-order chi connectivity index (χ0) is 29.3. The topological polar surface area (TPSA) is 76.1 Å². The maximum absolute atomic E-state index is 5.90. The average Bonchev–Trinajstić information content (AvgIpc) is 3.71.